The predicted octanol–water partition coefficient (Wildman–Crippen LogP) is 3.41. The van der Waals surface area contributed by atoms with E-state index in [1.807, 2.05) is 0 Å². The molecule has 0 saturated heterocycles. The number of para-hydroxylation sites is 1. The number of carbonyl (C=O) groups excluding carboxylic acids is 1. The summed E-state index contributed by atoms with van der Waals surface area (Å²) in [5.74, 6) is 0.0504. The first-order chi connectivity index (χ1) is 12.5. The van der Waals surface area contributed by atoms with Crippen molar-refractivity contribution in [3.05, 3.63) is 70.1 Å². The van der Waals surface area contributed by atoms with Gasteiger partial charge in [-0.2, -0.15) is 0 Å². The van der Waals surface area contributed by atoms with Crippen LogP contribution in [0.5, 0.6) is 17.2 Å². The van der Waals surface area contributed by atoms with Crippen LogP contribution in [-0.4, -0.2) is 25.1 Å². The minimum atomic E-state index is -0.891. The predicted molar refractivity (Wildman–Crippen MR) is 97.1 cm³/mol. The van der Waals surface area contributed by atoms with Crippen molar-refractivity contribution >= 4 is 22.8 Å². The SMILES string of the molecule is COc1ccc(/C=C/C(=O)c2c(O)c3ccccc3oc2=O)c(OC)c1. The summed E-state index contributed by atoms with van der Waals surface area (Å²) >= 11 is 0. The van der Waals surface area contributed by atoms with Crippen molar-refractivity contribution in [2.24, 2.45) is 0 Å². The zero-order valence-electron chi connectivity index (χ0n) is 14.2. The molecule has 3 aromatic rings. The summed E-state index contributed by atoms with van der Waals surface area (Å²) in [6.45, 7) is 0. The molecule has 1 heterocycles. The molecule has 0 fully saturated rings. The van der Waals surface area contributed by atoms with E-state index >= 15 is 0 Å². The van der Waals surface area contributed by atoms with E-state index in [-0.39, 0.29) is 5.58 Å². The molecule has 6 nitrogen and oxygen atoms in total. The molecule has 2 aromatic carbocycles. The number of rotatable bonds is 5. The third kappa shape index (κ3) is 3.17. The van der Waals surface area contributed by atoms with Crippen LogP contribution in [0.25, 0.3) is 17.0 Å². The summed E-state index contributed by atoms with van der Waals surface area (Å²) in [6, 6.07) is 11.6. The highest BCUT2D eigenvalue weighted by Gasteiger charge is 2.19. The fourth-order valence-electron chi connectivity index (χ4n) is 2.56. The highest BCUT2D eigenvalue weighted by Crippen LogP contribution is 2.28. The van der Waals surface area contributed by atoms with Gasteiger partial charge in [-0.1, -0.05) is 12.1 Å². The van der Waals surface area contributed by atoms with Crippen molar-refractivity contribution in [2.45, 2.75) is 0 Å². The van der Waals surface area contributed by atoms with E-state index in [4.69, 9.17) is 13.9 Å². The van der Waals surface area contributed by atoms with Crippen molar-refractivity contribution in [1.29, 1.82) is 0 Å². The molecule has 0 amide bonds. The van der Waals surface area contributed by atoms with Crippen molar-refractivity contribution in [2.75, 3.05) is 14.2 Å². The fourth-order valence-corrected chi connectivity index (χ4v) is 2.56. The second kappa shape index (κ2) is 7.14. The molecule has 26 heavy (non-hydrogen) atoms. The molecule has 0 atom stereocenters. The number of ketones is 1. The van der Waals surface area contributed by atoms with Crippen LogP contribution in [0.3, 0.4) is 0 Å². The Kier molecular flexibility index (Phi) is 4.75. The smallest absolute Gasteiger partial charge is 0.351 e. The van der Waals surface area contributed by atoms with Gasteiger partial charge in [0, 0.05) is 11.6 Å². The van der Waals surface area contributed by atoms with Crippen LogP contribution in [0, 0.1) is 0 Å². The standard InChI is InChI=1S/C20H16O6/c1-24-13-9-7-12(17(11-13)25-2)8-10-15(21)18-19(22)14-5-3-4-6-16(14)26-20(18)23/h3-11,22H,1-2H3/b10-8+. The summed E-state index contributed by atoms with van der Waals surface area (Å²) in [5, 5.41) is 10.6. The van der Waals surface area contributed by atoms with Crippen LogP contribution in [0.15, 0.2) is 57.8 Å². The Hall–Kier alpha value is -3.54. The van der Waals surface area contributed by atoms with Crippen molar-refractivity contribution in [3.63, 3.8) is 0 Å². The summed E-state index contributed by atoms with van der Waals surface area (Å²) in [7, 11) is 3.04. The van der Waals surface area contributed by atoms with E-state index in [1.165, 1.54) is 26.4 Å². The van der Waals surface area contributed by atoms with Gasteiger partial charge >= 0.3 is 5.63 Å². The number of methoxy groups -OCH3 is 2. The van der Waals surface area contributed by atoms with Gasteiger partial charge in [-0.25, -0.2) is 4.79 Å². The first kappa shape index (κ1) is 17.3. The summed E-state index contributed by atoms with van der Waals surface area (Å²) in [5.41, 5.74) is -0.469. The van der Waals surface area contributed by atoms with E-state index in [0.717, 1.165) is 0 Å². The zero-order chi connectivity index (χ0) is 18.7. The topological polar surface area (TPSA) is 86.0 Å². The molecule has 0 saturated carbocycles. The lowest BCUT2D eigenvalue weighted by molar-refractivity contribution is 0.104. The number of hydrogen-bond donors (Lipinski definition) is 1. The Balaban J connectivity index is 2.00. The maximum absolute atomic E-state index is 12.5. The molecule has 0 unspecified atom stereocenters. The molecule has 132 valence electrons. The third-order valence-electron chi connectivity index (χ3n) is 3.89. The molecule has 0 aliphatic heterocycles. The van der Waals surface area contributed by atoms with E-state index in [2.05, 4.69) is 0 Å². The van der Waals surface area contributed by atoms with Crippen LogP contribution in [0.1, 0.15) is 15.9 Å². The number of fused-ring (bicyclic) bond motifs is 1. The fraction of sp³-hybridized carbons (Fsp3) is 0.100. The van der Waals surface area contributed by atoms with Gasteiger partial charge in [0.2, 0.25) is 0 Å². The van der Waals surface area contributed by atoms with Crippen LogP contribution in [-0.2, 0) is 0 Å². The molecule has 0 spiro atoms. The lowest BCUT2D eigenvalue weighted by Crippen LogP contribution is -2.12. The van der Waals surface area contributed by atoms with E-state index in [1.54, 1.807) is 42.5 Å². The molecule has 0 aliphatic carbocycles. The molecule has 3 rings (SSSR count). The van der Waals surface area contributed by atoms with Crippen LogP contribution >= 0.6 is 0 Å². The second-order valence-corrected chi connectivity index (χ2v) is 5.41. The van der Waals surface area contributed by atoms with Crippen molar-refractivity contribution in [3.8, 4) is 17.2 Å². The van der Waals surface area contributed by atoms with Gasteiger partial charge in [0.05, 0.1) is 19.6 Å². The Morgan fingerprint density at radius 3 is 2.62 bits per heavy atom. The minimum absolute atomic E-state index is 0.215. The normalized spacial score (nSPS) is 11.0. The van der Waals surface area contributed by atoms with Gasteiger partial charge in [-0.05, 0) is 36.4 Å². The Morgan fingerprint density at radius 1 is 1.12 bits per heavy atom. The molecule has 6 heteroatoms. The number of aromatic hydroxyl groups is 1. The maximum Gasteiger partial charge on any atom is 0.351 e. The summed E-state index contributed by atoms with van der Waals surface area (Å²) in [6.07, 6.45) is 2.68. The number of carbonyl (C=O) groups is 1. The largest absolute Gasteiger partial charge is 0.506 e. The van der Waals surface area contributed by atoms with Gasteiger partial charge < -0.3 is 19.0 Å². The van der Waals surface area contributed by atoms with Gasteiger partial charge in [-0.3, -0.25) is 4.79 Å². The first-order valence-electron chi connectivity index (χ1n) is 7.74. The van der Waals surface area contributed by atoms with Gasteiger partial charge in [0.15, 0.2) is 5.78 Å². The molecule has 1 N–H and O–H groups in total. The van der Waals surface area contributed by atoms with E-state index in [0.29, 0.717) is 22.4 Å². The summed E-state index contributed by atoms with van der Waals surface area (Å²) < 4.78 is 15.5. The lowest BCUT2D eigenvalue weighted by atomic mass is 10.1. The monoisotopic (exact) mass is 352 g/mol. The van der Waals surface area contributed by atoms with Gasteiger partial charge in [0.25, 0.3) is 0 Å². The Bertz CT molecular complexity index is 1060. The highest BCUT2D eigenvalue weighted by atomic mass is 16.5. The van der Waals surface area contributed by atoms with Crippen molar-refractivity contribution in [1.82, 2.24) is 0 Å². The van der Waals surface area contributed by atoms with Crippen LogP contribution in [0.2, 0.25) is 0 Å². The average molecular weight is 352 g/mol. The zero-order valence-corrected chi connectivity index (χ0v) is 14.2. The minimum Gasteiger partial charge on any atom is -0.506 e. The Morgan fingerprint density at radius 2 is 1.88 bits per heavy atom. The number of allylic oxidation sites excluding steroid dienone is 1. The van der Waals surface area contributed by atoms with Crippen LogP contribution in [0.4, 0.5) is 0 Å². The van der Waals surface area contributed by atoms with Gasteiger partial charge in [0.1, 0.15) is 28.4 Å². The molecule has 1 aromatic heterocycles. The second-order valence-electron chi connectivity index (χ2n) is 5.41. The number of benzene rings is 2. The quantitative estimate of drug-likeness (QED) is 0.430. The summed E-state index contributed by atoms with van der Waals surface area (Å²) in [4.78, 5) is 24.5. The van der Waals surface area contributed by atoms with Crippen LogP contribution < -0.4 is 15.1 Å². The number of ether oxygens (including phenoxy) is 2. The maximum atomic E-state index is 12.5. The van der Waals surface area contributed by atoms with Gasteiger partial charge in [-0.15, -0.1) is 0 Å². The van der Waals surface area contributed by atoms with E-state index < -0.39 is 22.7 Å². The molecule has 0 aliphatic rings. The molecule has 0 bridgehead atoms. The average Bonchev–Trinajstić information content (AvgIpc) is 2.66. The highest BCUT2D eigenvalue weighted by molar-refractivity contribution is 6.10. The molecule has 0 radical (unpaired) electrons. The third-order valence-corrected chi connectivity index (χ3v) is 3.89. The first-order valence-corrected chi connectivity index (χ1v) is 7.74. The Labute approximate surface area is 148 Å². The van der Waals surface area contributed by atoms with E-state index in [9.17, 15) is 14.7 Å². The van der Waals surface area contributed by atoms with Crippen molar-refractivity contribution < 1.29 is 23.8 Å². The molecular formula is C20H16O6. The lowest BCUT2D eigenvalue weighted by Gasteiger charge is -2.07. The molecular weight excluding hydrogens is 336 g/mol. The number of hydrogen-bond acceptors (Lipinski definition) is 6.